The number of likely N-dealkylation sites (N-methyl/N-ethyl adjacent to an activating group) is 1. The first-order valence-corrected chi connectivity index (χ1v) is 6.67. The van der Waals surface area contributed by atoms with Gasteiger partial charge in [0.1, 0.15) is 4.99 Å². The van der Waals surface area contributed by atoms with Crippen molar-refractivity contribution in [2.45, 2.75) is 13.8 Å². The van der Waals surface area contributed by atoms with E-state index in [1.165, 1.54) is 0 Å². The number of carbonyl (C=O) groups is 1. The maximum absolute atomic E-state index is 11.9. The van der Waals surface area contributed by atoms with Gasteiger partial charge in [-0.05, 0) is 25.1 Å². The summed E-state index contributed by atoms with van der Waals surface area (Å²) in [6.45, 7) is 5.51. The van der Waals surface area contributed by atoms with Crippen LogP contribution >= 0.6 is 12.2 Å². The molecule has 0 heterocycles. The third-order valence-electron chi connectivity index (χ3n) is 2.52. The Labute approximate surface area is 120 Å². The van der Waals surface area contributed by atoms with E-state index in [1.54, 1.807) is 6.07 Å². The molecule has 0 aromatic heterocycles. The van der Waals surface area contributed by atoms with Gasteiger partial charge in [0.2, 0.25) is 5.91 Å². The molecule has 1 aromatic rings. The first-order chi connectivity index (χ1) is 8.88. The van der Waals surface area contributed by atoms with Crippen LogP contribution in [0.15, 0.2) is 24.3 Å². The number of nitrogens with zero attached hydrogens (tertiary/aromatic N) is 1. The molecule has 4 nitrogen and oxygen atoms in total. The number of amides is 1. The van der Waals surface area contributed by atoms with Crippen LogP contribution in [0.1, 0.15) is 19.4 Å². The number of rotatable bonds is 6. The van der Waals surface area contributed by atoms with Crippen LogP contribution in [-0.2, 0) is 4.79 Å². The predicted octanol–water partition coefficient (Wildman–Crippen LogP) is 1.85. The fraction of sp³-hybridized carbons (Fsp3) is 0.429. The lowest BCUT2D eigenvalue weighted by molar-refractivity contribution is -0.117. The van der Waals surface area contributed by atoms with Crippen LogP contribution in [0.2, 0.25) is 0 Å². The number of nitrogens with two attached hydrogens (primary N) is 1. The van der Waals surface area contributed by atoms with Crippen LogP contribution in [-0.4, -0.2) is 35.9 Å². The van der Waals surface area contributed by atoms with Crippen molar-refractivity contribution < 1.29 is 4.79 Å². The van der Waals surface area contributed by atoms with E-state index in [9.17, 15) is 4.79 Å². The minimum absolute atomic E-state index is 0.0387. The van der Waals surface area contributed by atoms with Gasteiger partial charge in [0.05, 0.1) is 6.54 Å². The van der Waals surface area contributed by atoms with E-state index in [0.29, 0.717) is 23.1 Å². The summed E-state index contributed by atoms with van der Waals surface area (Å²) in [6.07, 6.45) is 0. The van der Waals surface area contributed by atoms with Gasteiger partial charge in [-0.25, -0.2) is 0 Å². The van der Waals surface area contributed by atoms with Gasteiger partial charge in [0, 0.05) is 17.8 Å². The minimum Gasteiger partial charge on any atom is -0.389 e. The van der Waals surface area contributed by atoms with Gasteiger partial charge in [-0.3, -0.25) is 9.69 Å². The number of anilines is 1. The Hall–Kier alpha value is -1.46. The molecule has 1 amide bonds. The number of nitrogens with one attached hydrogen (secondary N) is 1. The zero-order valence-corrected chi connectivity index (χ0v) is 12.5. The van der Waals surface area contributed by atoms with Crippen LogP contribution in [0.25, 0.3) is 0 Å². The SMILES string of the molecule is CC(C)CN(C)CC(=O)Nc1cccc(C(N)=S)c1. The van der Waals surface area contributed by atoms with Gasteiger partial charge in [-0.15, -0.1) is 0 Å². The molecular weight excluding hydrogens is 258 g/mol. The summed E-state index contributed by atoms with van der Waals surface area (Å²) >= 11 is 4.91. The average molecular weight is 279 g/mol. The van der Waals surface area contributed by atoms with Crippen LogP contribution in [0.5, 0.6) is 0 Å². The number of thiocarbonyl (C=S) groups is 1. The summed E-state index contributed by atoms with van der Waals surface area (Å²) in [6, 6.07) is 7.25. The molecule has 3 N–H and O–H groups in total. The van der Waals surface area contributed by atoms with Crippen molar-refractivity contribution >= 4 is 28.8 Å². The van der Waals surface area contributed by atoms with Crippen molar-refractivity contribution in [2.24, 2.45) is 11.7 Å². The Morgan fingerprint density at radius 2 is 2.16 bits per heavy atom. The Balaban J connectivity index is 2.57. The van der Waals surface area contributed by atoms with Crippen molar-refractivity contribution in [3.63, 3.8) is 0 Å². The van der Waals surface area contributed by atoms with E-state index < -0.39 is 0 Å². The van der Waals surface area contributed by atoms with Crippen LogP contribution in [0.4, 0.5) is 5.69 Å². The summed E-state index contributed by atoms with van der Waals surface area (Å²) < 4.78 is 0. The first-order valence-electron chi connectivity index (χ1n) is 6.26. The monoisotopic (exact) mass is 279 g/mol. The summed E-state index contributed by atoms with van der Waals surface area (Å²) in [5.41, 5.74) is 7.03. The number of carbonyl (C=O) groups excluding carboxylic acids is 1. The van der Waals surface area contributed by atoms with Crippen LogP contribution in [0.3, 0.4) is 0 Å². The summed E-state index contributed by atoms with van der Waals surface area (Å²) in [5.74, 6) is 0.499. The fourth-order valence-corrected chi connectivity index (χ4v) is 2.01. The number of hydrogen-bond acceptors (Lipinski definition) is 3. The van der Waals surface area contributed by atoms with Crippen molar-refractivity contribution in [3.05, 3.63) is 29.8 Å². The van der Waals surface area contributed by atoms with Gasteiger partial charge >= 0.3 is 0 Å². The second kappa shape index (κ2) is 7.21. The smallest absolute Gasteiger partial charge is 0.238 e. The number of hydrogen-bond donors (Lipinski definition) is 2. The van der Waals surface area contributed by atoms with Gasteiger partial charge in [-0.1, -0.05) is 38.2 Å². The molecule has 0 aliphatic rings. The molecule has 0 spiro atoms. The van der Waals surface area contributed by atoms with Gasteiger partial charge < -0.3 is 11.1 Å². The second-order valence-electron chi connectivity index (χ2n) is 5.08. The highest BCUT2D eigenvalue weighted by molar-refractivity contribution is 7.80. The molecule has 0 fully saturated rings. The lowest BCUT2D eigenvalue weighted by Gasteiger charge is -2.18. The maximum atomic E-state index is 11.9. The summed E-state index contributed by atoms with van der Waals surface area (Å²) in [7, 11) is 1.94. The van der Waals surface area contributed by atoms with Crippen molar-refractivity contribution in [3.8, 4) is 0 Å². The van der Waals surface area contributed by atoms with E-state index in [-0.39, 0.29) is 5.91 Å². The molecule has 0 aliphatic carbocycles. The molecule has 1 aromatic carbocycles. The topological polar surface area (TPSA) is 58.4 Å². The van der Waals surface area contributed by atoms with Gasteiger partial charge in [0.25, 0.3) is 0 Å². The minimum atomic E-state index is -0.0387. The van der Waals surface area contributed by atoms with Crippen molar-refractivity contribution in [1.82, 2.24) is 4.90 Å². The largest absolute Gasteiger partial charge is 0.389 e. The third-order valence-corrected chi connectivity index (χ3v) is 2.76. The quantitative estimate of drug-likeness (QED) is 0.780. The Bertz CT molecular complexity index is 460. The van der Waals surface area contributed by atoms with Gasteiger partial charge in [-0.2, -0.15) is 0 Å². The van der Waals surface area contributed by atoms with Gasteiger partial charge in [0.15, 0.2) is 0 Å². The van der Waals surface area contributed by atoms with Crippen molar-refractivity contribution in [1.29, 1.82) is 0 Å². The molecule has 0 atom stereocenters. The van der Waals surface area contributed by atoms with Crippen LogP contribution in [0, 0.1) is 5.92 Å². The normalized spacial score (nSPS) is 10.8. The molecule has 104 valence electrons. The highest BCUT2D eigenvalue weighted by atomic mass is 32.1. The number of benzene rings is 1. The molecule has 5 heteroatoms. The zero-order chi connectivity index (χ0) is 14.4. The van der Waals surface area contributed by atoms with E-state index in [1.807, 2.05) is 30.1 Å². The first kappa shape index (κ1) is 15.6. The molecule has 0 bridgehead atoms. The molecular formula is C14H21N3OS. The Morgan fingerprint density at radius 3 is 2.74 bits per heavy atom. The average Bonchev–Trinajstić information content (AvgIpc) is 2.27. The van der Waals surface area contributed by atoms with E-state index in [2.05, 4.69) is 19.2 Å². The van der Waals surface area contributed by atoms with E-state index in [4.69, 9.17) is 18.0 Å². The molecule has 0 unspecified atom stereocenters. The predicted molar refractivity (Wildman–Crippen MR) is 83.3 cm³/mol. The zero-order valence-electron chi connectivity index (χ0n) is 11.6. The molecule has 0 radical (unpaired) electrons. The highest BCUT2D eigenvalue weighted by Crippen LogP contribution is 2.10. The summed E-state index contributed by atoms with van der Waals surface area (Å²) in [5, 5.41) is 2.85. The fourth-order valence-electron chi connectivity index (χ4n) is 1.88. The molecule has 1 rings (SSSR count). The Kier molecular flexibility index (Phi) is 5.92. The highest BCUT2D eigenvalue weighted by Gasteiger charge is 2.08. The second-order valence-corrected chi connectivity index (χ2v) is 5.52. The Morgan fingerprint density at radius 1 is 1.47 bits per heavy atom. The third kappa shape index (κ3) is 5.81. The molecule has 0 aliphatic heterocycles. The molecule has 19 heavy (non-hydrogen) atoms. The molecule has 0 saturated heterocycles. The van der Waals surface area contributed by atoms with Crippen LogP contribution < -0.4 is 11.1 Å². The van der Waals surface area contributed by atoms with Crippen molar-refractivity contribution in [2.75, 3.05) is 25.5 Å². The van der Waals surface area contributed by atoms with E-state index >= 15 is 0 Å². The standard InChI is InChI=1S/C14H21N3OS/c1-10(2)8-17(3)9-13(18)16-12-6-4-5-11(7-12)14(15)19/h4-7,10H,8-9H2,1-3H3,(H2,15,19)(H,16,18). The molecule has 0 saturated carbocycles. The maximum Gasteiger partial charge on any atom is 0.238 e. The lowest BCUT2D eigenvalue weighted by Crippen LogP contribution is -2.32. The van der Waals surface area contributed by atoms with E-state index in [0.717, 1.165) is 12.1 Å². The summed E-state index contributed by atoms with van der Waals surface area (Å²) in [4.78, 5) is 14.2. The lowest BCUT2D eigenvalue weighted by atomic mass is 10.2.